The van der Waals surface area contributed by atoms with Gasteiger partial charge in [0.15, 0.2) is 0 Å². The number of benzene rings is 1. The van der Waals surface area contributed by atoms with Gasteiger partial charge in [0.25, 0.3) is 0 Å². The van der Waals surface area contributed by atoms with Crippen LogP contribution in [0.15, 0.2) is 24.3 Å². The second kappa shape index (κ2) is 7.50. The normalized spacial score (nSPS) is 16.4. The molecule has 0 amide bonds. The van der Waals surface area contributed by atoms with Gasteiger partial charge in [-0.15, -0.1) is 11.3 Å². The number of pyridine rings is 1. The number of nitrogens with two attached hydrogens (primary N) is 1. The van der Waals surface area contributed by atoms with E-state index in [1.165, 1.54) is 20.7 Å². The lowest BCUT2D eigenvalue weighted by Crippen LogP contribution is -2.53. The number of aromatic nitrogens is 1. The standard InChI is InChI=1S/C22H30N4OS/c1-5-27-14-16-13-18-20(28-16)17-12-15(6-7-19(17)24-21(18)23)25-8-10-26(11-9-25)22(2,3)4/h6-7,12-13H,5,8-11,14H2,1-4H3,(H2,23,24). The molecule has 6 heteroatoms. The van der Waals surface area contributed by atoms with Crippen LogP contribution in [0.3, 0.4) is 0 Å². The number of hydrogen-bond acceptors (Lipinski definition) is 6. The van der Waals surface area contributed by atoms with Crippen molar-refractivity contribution in [2.75, 3.05) is 43.4 Å². The molecule has 0 atom stereocenters. The average molecular weight is 399 g/mol. The van der Waals surface area contributed by atoms with Gasteiger partial charge in [-0.25, -0.2) is 4.98 Å². The second-order valence-corrected chi connectivity index (χ2v) is 9.57. The van der Waals surface area contributed by atoms with E-state index in [2.05, 4.69) is 59.8 Å². The summed E-state index contributed by atoms with van der Waals surface area (Å²) in [5, 5.41) is 2.23. The minimum absolute atomic E-state index is 0.233. The molecule has 0 aliphatic carbocycles. The number of piperazine rings is 1. The molecular weight excluding hydrogens is 368 g/mol. The van der Waals surface area contributed by atoms with Gasteiger partial charge >= 0.3 is 0 Å². The smallest absolute Gasteiger partial charge is 0.132 e. The van der Waals surface area contributed by atoms with Crippen LogP contribution in [0.5, 0.6) is 0 Å². The first kappa shape index (κ1) is 19.4. The van der Waals surface area contributed by atoms with E-state index in [0.717, 1.165) is 37.1 Å². The van der Waals surface area contributed by atoms with E-state index in [0.29, 0.717) is 19.0 Å². The fourth-order valence-corrected chi connectivity index (χ4v) is 5.06. The Morgan fingerprint density at radius 3 is 2.54 bits per heavy atom. The van der Waals surface area contributed by atoms with Gasteiger partial charge in [-0.1, -0.05) is 0 Å². The highest BCUT2D eigenvalue weighted by atomic mass is 32.1. The molecule has 0 spiro atoms. The number of nitrogen functional groups attached to an aromatic ring is 1. The number of nitrogens with zero attached hydrogens (tertiary/aromatic N) is 3. The number of hydrogen-bond donors (Lipinski definition) is 1. The Morgan fingerprint density at radius 2 is 1.86 bits per heavy atom. The van der Waals surface area contributed by atoms with E-state index < -0.39 is 0 Å². The number of thiophene rings is 1. The maximum atomic E-state index is 6.24. The average Bonchev–Trinajstić information content (AvgIpc) is 3.11. The molecule has 0 radical (unpaired) electrons. The molecule has 1 aliphatic rings. The Hall–Kier alpha value is -1.89. The minimum Gasteiger partial charge on any atom is -0.383 e. The van der Waals surface area contributed by atoms with Gasteiger partial charge in [0, 0.05) is 64.4 Å². The van der Waals surface area contributed by atoms with Crippen molar-refractivity contribution in [1.82, 2.24) is 9.88 Å². The molecule has 0 unspecified atom stereocenters. The van der Waals surface area contributed by atoms with Crippen LogP contribution in [-0.4, -0.2) is 48.2 Å². The van der Waals surface area contributed by atoms with Gasteiger partial charge in [0.1, 0.15) is 5.82 Å². The first-order chi connectivity index (χ1) is 13.4. The van der Waals surface area contributed by atoms with Crippen molar-refractivity contribution >= 4 is 43.8 Å². The van der Waals surface area contributed by atoms with Gasteiger partial charge in [-0.3, -0.25) is 4.90 Å². The molecule has 2 N–H and O–H groups in total. The van der Waals surface area contributed by atoms with Crippen LogP contribution in [0.4, 0.5) is 11.5 Å². The zero-order valence-electron chi connectivity index (χ0n) is 17.3. The van der Waals surface area contributed by atoms with Crippen LogP contribution in [-0.2, 0) is 11.3 Å². The maximum Gasteiger partial charge on any atom is 0.132 e. The maximum absolute atomic E-state index is 6.24. The largest absolute Gasteiger partial charge is 0.383 e. The predicted molar refractivity (Wildman–Crippen MR) is 120 cm³/mol. The summed E-state index contributed by atoms with van der Waals surface area (Å²) in [6.07, 6.45) is 0. The van der Waals surface area contributed by atoms with E-state index in [1.54, 1.807) is 11.3 Å². The Labute approximate surface area is 171 Å². The summed E-state index contributed by atoms with van der Waals surface area (Å²) in [5.74, 6) is 0.605. The molecule has 28 heavy (non-hydrogen) atoms. The third kappa shape index (κ3) is 3.69. The number of rotatable bonds is 4. The van der Waals surface area contributed by atoms with Gasteiger partial charge in [-0.2, -0.15) is 0 Å². The molecule has 1 aliphatic heterocycles. The highest BCUT2D eigenvalue weighted by Crippen LogP contribution is 2.37. The lowest BCUT2D eigenvalue weighted by Gasteiger charge is -2.43. The minimum atomic E-state index is 0.233. The second-order valence-electron chi connectivity index (χ2n) is 8.44. The molecule has 0 saturated carbocycles. The fourth-order valence-electron chi connectivity index (χ4n) is 3.93. The van der Waals surface area contributed by atoms with Crippen molar-refractivity contribution in [1.29, 1.82) is 0 Å². The van der Waals surface area contributed by atoms with Crippen molar-refractivity contribution in [2.45, 2.75) is 39.8 Å². The van der Waals surface area contributed by atoms with E-state index in [-0.39, 0.29) is 5.54 Å². The van der Waals surface area contributed by atoms with Gasteiger partial charge < -0.3 is 15.4 Å². The first-order valence-corrected chi connectivity index (χ1v) is 10.9. The Balaban J connectivity index is 1.67. The Morgan fingerprint density at radius 1 is 1.11 bits per heavy atom. The topological polar surface area (TPSA) is 54.6 Å². The highest BCUT2D eigenvalue weighted by molar-refractivity contribution is 7.20. The Bertz CT molecular complexity index is 984. The third-order valence-corrected chi connectivity index (χ3v) is 6.71. The van der Waals surface area contributed by atoms with Crippen LogP contribution >= 0.6 is 11.3 Å². The lowest BCUT2D eigenvalue weighted by atomic mass is 10.0. The van der Waals surface area contributed by atoms with Crippen LogP contribution in [0, 0.1) is 0 Å². The summed E-state index contributed by atoms with van der Waals surface area (Å²) in [6.45, 7) is 14.5. The van der Waals surface area contributed by atoms with E-state index in [9.17, 15) is 0 Å². The summed E-state index contributed by atoms with van der Waals surface area (Å²) in [5.41, 5.74) is 8.71. The number of anilines is 2. The van der Waals surface area contributed by atoms with Crippen LogP contribution in [0.1, 0.15) is 32.6 Å². The molecule has 2 aromatic heterocycles. The van der Waals surface area contributed by atoms with Crippen molar-refractivity contribution in [3.05, 3.63) is 29.1 Å². The van der Waals surface area contributed by atoms with Gasteiger partial charge in [0.2, 0.25) is 0 Å². The SMILES string of the molecule is CCOCc1cc2c(N)nc3ccc(N4CCN(C(C)(C)C)CC4)cc3c2s1. The zero-order valence-corrected chi connectivity index (χ0v) is 18.1. The van der Waals surface area contributed by atoms with Crippen molar-refractivity contribution in [2.24, 2.45) is 0 Å². The predicted octanol–water partition coefficient (Wildman–Crippen LogP) is 4.49. The zero-order chi connectivity index (χ0) is 19.9. The summed E-state index contributed by atoms with van der Waals surface area (Å²) < 4.78 is 6.81. The Kier molecular flexibility index (Phi) is 5.21. The molecular formula is C22H30N4OS. The summed E-state index contributed by atoms with van der Waals surface area (Å²) in [6, 6.07) is 8.71. The number of fused-ring (bicyclic) bond motifs is 3. The first-order valence-electron chi connectivity index (χ1n) is 10.1. The van der Waals surface area contributed by atoms with E-state index in [4.69, 9.17) is 10.5 Å². The van der Waals surface area contributed by atoms with Crippen molar-refractivity contribution in [3.8, 4) is 0 Å². The molecule has 0 bridgehead atoms. The van der Waals surface area contributed by atoms with Gasteiger partial charge in [-0.05, 0) is 52.0 Å². The number of ether oxygens (including phenoxy) is 1. The molecule has 1 saturated heterocycles. The van der Waals surface area contributed by atoms with Crippen LogP contribution in [0.25, 0.3) is 21.0 Å². The molecule has 3 heterocycles. The van der Waals surface area contributed by atoms with Crippen molar-refractivity contribution < 1.29 is 4.74 Å². The van der Waals surface area contributed by atoms with Gasteiger partial charge in [0.05, 0.1) is 12.1 Å². The summed E-state index contributed by atoms with van der Waals surface area (Å²) >= 11 is 1.77. The quantitative estimate of drug-likeness (QED) is 0.702. The fraction of sp³-hybridized carbons (Fsp3) is 0.500. The summed E-state index contributed by atoms with van der Waals surface area (Å²) in [4.78, 5) is 10.9. The molecule has 3 aromatic rings. The van der Waals surface area contributed by atoms with Crippen molar-refractivity contribution in [3.63, 3.8) is 0 Å². The summed E-state index contributed by atoms with van der Waals surface area (Å²) in [7, 11) is 0. The molecule has 1 aromatic carbocycles. The van der Waals surface area contributed by atoms with Crippen LogP contribution in [0.2, 0.25) is 0 Å². The monoisotopic (exact) mass is 398 g/mol. The van der Waals surface area contributed by atoms with E-state index >= 15 is 0 Å². The van der Waals surface area contributed by atoms with E-state index in [1.807, 2.05) is 6.92 Å². The molecule has 1 fully saturated rings. The molecule has 4 rings (SSSR count). The van der Waals surface area contributed by atoms with Crippen LogP contribution < -0.4 is 10.6 Å². The molecule has 150 valence electrons. The lowest BCUT2D eigenvalue weighted by molar-refractivity contribution is 0.128. The highest BCUT2D eigenvalue weighted by Gasteiger charge is 2.26. The third-order valence-electron chi connectivity index (χ3n) is 5.57. The molecule has 5 nitrogen and oxygen atoms in total.